The van der Waals surface area contributed by atoms with Crippen molar-refractivity contribution in [2.75, 3.05) is 14.2 Å². The lowest BCUT2D eigenvalue weighted by Gasteiger charge is -2.15. The summed E-state index contributed by atoms with van der Waals surface area (Å²) in [7, 11) is 3.29. The Kier molecular flexibility index (Phi) is 4.88. The highest BCUT2D eigenvalue weighted by Crippen LogP contribution is 2.27. The zero-order valence-corrected chi connectivity index (χ0v) is 12.4. The third kappa shape index (κ3) is 3.44. The van der Waals surface area contributed by atoms with E-state index >= 15 is 0 Å². The van der Waals surface area contributed by atoms with Crippen LogP contribution in [0, 0.1) is 0 Å². The molecule has 3 nitrogen and oxygen atoms in total. The van der Waals surface area contributed by atoms with E-state index < -0.39 is 0 Å². The second kappa shape index (κ2) is 6.64. The first-order valence-corrected chi connectivity index (χ1v) is 6.73. The fourth-order valence-electron chi connectivity index (χ4n) is 2.11. The molecule has 2 rings (SSSR count). The first kappa shape index (κ1) is 14.7. The summed E-state index contributed by atoms with van der Waals surface area (Å²) in [6, 6.07) is 13.2. The van der Waals surface area contributed by atoms with Gasteiger partial charge < -0.3 is 15.2 Å². The number of benzene rings is 2. The van der Waals surface area contributed by atoms with Crippen LogP contribution < -0.4 is 15.2 Å². The minimum absolute atomic E-state index is 0.117. The summed E-state index contributed by atoms with van der Waals surface area (Å²) in [6.07, 6.45) is 0.663. The van der Waals surface area contributed by atoms with Gasteiger partial charge in [-0.3, -0.25) is 0 Å². The molecule has 20 heavy (non-hydrogen) atoms. The maximum Gasteiger partial charge on any atom is 0.122 e. The first-order chi connectivity index (χ1) is 9.63. The summed E-state index contributed by atoms with van der Waals surface area (Å²) in [5.41, 5.74) is 8.30. The molecule has 0 aromatic heterocycles. The number of methoxy groups -OCH3 is 2. The molecule has 0 spiro atoms. The highest BCUT2D eigenvalue weighted by Gasteiger charge is 2.11. The number of hydrogen-bond donors (Lipinski definition) is 1. The fourth-order valence-corrected chi connectivity index (χ4v) is 2.31. The zero-order chi connectivity index (χ0) is 14.5. The number of rotatable bonds is 5. The first-order valence-electron chi connectivity index (χ1n) is 6.36. The van der Waals surface area contributed by atoms with Crippen LogP contribution in [-0.4, -0.2) is 14.2 Å². The molecule has 0 aliphatic carbocycles. The molecular weight excluding hydrogens is 274 g/mol. The van der Waals surface area contributed by atoms with Gasteiger partial charge in [0.1, 0.15) is 11.5 Å². The van der Waals surface area contributed by atoms with E-state index in [4.69, 9.17) is 26.8 Å². The molecule has 4 heteroatoms. The fraction of sp³-hybridized carbons (Fsp3) is 0.250. The number of halogens is 1. The van der Waals surface area contributed by atoms with Crippen molar-refractivity contribution in [1.82, 2.24) is 0 Å². The molecule has 0 fully saturated rings. The van der Waals surface area contributed by atoms with E-state index in [0.717, 1.165) is 22.6 Å². The molecule has 0 saturated heterocycles. The van der Waals surface area contributed by atoms with Crippen LogP contribution in [0.5, 0.6) is 11.5 Å². The maximum absolute atomic E-state index is 6.25. The van der Waals surface area contributed by atoms with Gasteiger partial charge in [-0.2, -0.15) is 0 Å². The van der Waals surface area contributed by atoms with Gasteiger partial charge in [-0.1, -0.05) is 23.7 Å². The summed E-state index contributed by atoms with van der Waals surface area (Å²) in [5, 5.41) is 0.683. The highest BCUT2D eigenvalue weighted by atomic mass is 35.5. The topological polar surface area (TPSA) is 44.5 Å². The Labute approximate surface area is 124 Å². The molecule has 2 aromatic carbocycles. The number of hydrogen-bond acceptors (Lipinski definition) is 3. The number of ether oxygens (including phenoxy) is 2. The summed E-state index contributed by atoms with van der Waals surface area (Å²) >= 11 is 6.03. The molecule has 2 aromatic rings. The van der Waals surface area contributed by atoms with Crippen molar-refractivity contribution in [2.24, 2.45) is 5.73 Å². The predicted octanol–water partition coefficient (Wildman–Crippen LogP) is 3.60. The normalized spacial score (nSPS) is 12.0. The second-order valence-corrected chi connectivity index (χ2v) is 4.98. The molecule has 0 bridgehead atoms. The van der Waals surface area contributed by atoms with Crippen molar-refractivity contribution in [2.45, 2.75) is 12.5 Å². The Morgan fingerprint density at radius 1 is 1.05 bits per heavy atom. The van der Waals surface area contributed by atoms with Crippen molar-refractivity contribution in [3.05, 3.63) is 58.6 Å². The van der Waals surface area contributed by atoms with Crippen molar-refractivity contribution < 1.29 is 9.47 Å². The van der Waals surface area contributed by atoms with E-state index in [1.165, 1.54) is 0 Å². The smallest absolute Gasteiger partial charge is 0.122 e. The van der Waals surface area contributed by atoms with Crippen LogP contribution in [0.2, 0.25) is 5.02 Å². The van der Waals surface area contributed by atoms with E-state index in [2.05, 4.69) is 0 Å². The lowest BCUT2D eigenvalue weighted by molar-refractivity contribution is 0.408. The van der Waals surface area contributed by atoms with Crippen LogP contribution in [0.3, 0.4) is 0 Å². The molecule has 0 saturated carbocycles. The maximum atomic E-state index is 6.25. The summed E-state index contributed by atoms with van der Waals surface area (Å²) in [5.74, 6) is 1.62. The molecule has 1 unspecified atom stereocenters. The van der Waals surface area contributed by atoms with E-state index in [1.807, 2.05) is 42.5 Å². The third-order valence-corrected chi connectivity index (χ3v) is 3.46. The highest BCUT2D eigenvalue weighted by molar-refractivity contribution is 6.30. The lowest BCUT2D eigenvalue weighted by Crippen LogP contribution is -2.13. The summed E-state index contributed by atoms with van der Waals surface area (Å²) < 4.78 is 10.5. The van der Waals surface area contributed by atoms with E-state index in [9.17, 15) is 0 Å². The molecule has 0 radical (unpaired) electrons. The zero-order valence-electron chi connectivity index (χ0n) is 11.6. The van der Waals surface area contributed by atoms with Gasteiger partial charge in [-0.05, 0) is 47.9 Å². The van der Waals surface area contributed by atoms with E-state index in [1.54, 1.807) is 14.2 Å². The van der Waals surface area contributed by atoms with Crippen LogP contribution in [0.1, 0.15) is 17.2 Å². The Morgan fingerprint density at radius 2 is 1.75 bits per heavy atom. The van der Waals surface area contributed by atoms with Crippen molar-refractivity contribution in [3.8, 4) is 11.5 Å². The quantitative estimate of drug-likeness (QED) is 0.915. The molecule has 0 aliphatic heterocycles. The molecule has 0 aliphatic rings. The summed E-state index contributed by atoms with van der Waals surface area (Å²) in [4.78, 5) is 0. The van der Waals surface area contributed by atoms with Gasteiger partial charge >= 0.3 is 0 Å². The van der Waals surface area contributed by atoms with Crippen LogP contribution >= 0.6 is 11.6 Å². The molecule has 2 N–H and O–H groups in total. The van der Waals surface area contributed by atoms with Gasteiger partial charge in [0.25, 0.3) is 0 Å². The molecule has 0 amide bonds. The Hall–Kier alpha value is -1.71. The Morgan fingerprint density at radius 3 is 2.35 bits per heavy atom. The van der Waals surface area contributed by atoms with Crippen LogP contribution in [0.4, 0.5) is 0 Å². The minimum atomic E-state index is -0.117. The lowest BCUT2D eigenvalue weighted by atomic mass is 9.99. The van der Waals surface area contributed by atoms with Gasteiger partial charge in [0.15, 0.2) is 0 Å². The third-order valence-electron chi connectivity index (χ3n) is 3.23. The Balaban J connectivity index is 2.17. The van der Waals surface area contributed by atoms with E-state index in [-0.39, 0.29) is 6.04 Å². The van der Waals surface area contributed by atoms with Crippen LogP contribution in [0.25, 0.3) is 0 Å². The Bertz CT molecular complexity index is 569. The SMILES string of the molecule is COc1ccc(C(N)Cc2cc(Cl)ccc2OC)cc1. The average molecular weight is 292 g/mol. The van der Waals surface area contributed by atoms with Gasteiger partial charge in [-0.15, -0.1) is 0 Å². The standard InChI is InChI=1S/C16H18ClNO2/c1-19-14-6-3-11(4-7-14)15(18)10-12-9-13(17)5-8-16(12)20-2/h3-9,15H,10,18H2,1-2H3. The van der Waals surface area contributed by atoms with Gasteiger partial charge in [0, 0.05) is 11.1 Å². The monoisotopic (exact) mass is 291 g/mol. The minimum Gasteiger partial charge on any atom is -0.497 e. The van der Waals surface area contributed by atoms with Crippen LogP contribution in [0.15, 0.2) is 42.5 Å². The van der Waals surface area contributed by atoms with Crippen molar-refractivity contribution in [1.29, 1.82) is 0 Å². The predicted molar refractivity (Wildman–Crippen MR) is 81.6 cm³/mol. The molecule has 106 valence electrons. The van der Waals surface area contributed by atoms with Gasteiger partial charge in [0.2, 0.25) is 0 Å². The number of nitrogens with two attached hydrogens (primary N) is 1. The molecular formula is C16H18ClNO2. The summed E-state index contributed by atoms with van der Waals surface area (Å²) in [6.45, 7) is 0. The molecule has 1 atom stereocenters. The largest absolute Gasteiger partial charge is 0.497 e. The van der Waals surface area contributed by atoms with Crippen molar-refractivity contribution >= 4 is 11.6 Å². The molecule has 0 heterocycles. The van der Waals surface area contributed by atoms with Gasteiger partial charge in [-0.25, -0.2) is 0 Å². The second-order valence-electron chi connectivity index (χ2n) is 4.54. The van der Waals surface area contributed by atoms with Gasteiger partial charge in [0.05, 0.1) is 14.2 Å². The average Bonchev–Trinajstić information content (AvgIpc) is 2.47. The van der Waals surface area contributed by atoms with Crippen LogP contribution in [-0.2, 0) is 6.42 Å². The van der Waals surface area contributed by atoms with E-state index in [0.29, 0.717) is 11.4 Å². The van der Waals surface area contributed by atoms with Crippen molar-refractivity contribution in [3.63, 3.8) is 0 Å².